The third-order valence-corrected chi connectivity index (χ3v) is 4.94. The van der Waals surface area contributed by atoms with Crippen LogP contribution in [0.25, 0.3) is 11.4 Å². The van der Waals surface area contributed by atoms with Gasteiger partial charge in [-0.25, -0.2) is 4.98 Å². The van der Waals surface area contributed by atoms with E-state index >= 15 is 0 Å². The zero-order chi connectivity index (χ0) is 17.1. The van der Waals surface area contributed by atoms with E-state index in [-0.39, 0.29) is 12.1 Å². The van der Waals surface area contributed by atoms with E-state index < -0.39 is 0 Å². The molecule has 1 aromatic carbocycles. The predicted molar refractivity (Wildman–Crippen MR) is 95.6 cm³/mol. The fraction of sp³-hybridized carbons (Fsp3) is 0.368. The van der Waals surface area contributed by atoms with Gasteiger partial charge in [-0.15, -0.1) is 0 Å². The van der Waals surface area contributed by atoms with Crippen LogP contribution in [0.2, 0.25) is 0 Å². The van der Waals surface area contributed by atoms with Crippen LogP contribution in [0.3, 0.4) is 0 Å². The van der Waals surface area contributed by atoms with Crippen LogP contribution < -0.4 is 5.32 Å². The Morgan fingerprint density at radius 3 is 2.84 bits per heavy atom. The van der Waals surface area contributed by atoms with Gasteiger partial charge in [0.1, 0.15) is 5.82 Å². The standard InChI is InChI=1S/C19H23N5O/c25-18-11-14(10-17(18)21-12-16-6-7-22-23-16)13-24-9-8-20-19(24)15-4-2-1-3-5-15/h1-9,14,17-18,21,25H,10-13H2,(H,22,23)/t14?,17-,18-/m1/s1. The number of aliphatic hydroxyl groups excluding tert-OH is 1. The molecule has 3 aromatic rings. The molecule has 6 heteroatoms. The molecule has 130 valence electrons. The summed E-state index contributed by atoms with van der Waals surface area (Å²) in [6.45, 7) is 1.58. The molecule has 3 atom stereocenters. The summed E-state index contributed by atoms with van der Waals surface area (Å²) in [5, 5.41) is 20.7. The predicted octanol–water partition coefficient (Wildman–Crippen LogP) is 2.20. The maximum absolute atomic E-state index is 10.4. The third kappa shape index (κ3) is 3.65. The van der Waals surface area contributed by atoms with Crippen molar-refractivity contribution in [3.63, 3.8) is 0 Å². The van der Waals surface area contributed by atoms with E-state index in [4.69, 9.17) is 0 Å². The Labute approximate surface area is 146 Å². The minimum absolute atomic E-state index is 0.122. The van der Waals surface area contributed by atoms with Crippen molar-refractivity contribution in [2.45, 2.75) is 38.1 Å². The van der Waals surface area contributed by atoms with Gasteiger partial charge in [0.2, 0.25) is 0 Å². The molecular weight excluding hydrogens is 314 g/mol. The number of aromatic nitrogens is 4. The molecule has 1 aliphatic carbocycles. The zero-order valence-corrected chi connectivity index (χ0v) is 14.0. The Balaban J connectivity index is 1.39. The first-order chi connectivity index (χ1) is 12.3. The number of nitrogens with zero attached hydrogens (tertiary/aromatic N) is 3. The van der Waals surface area contributed by atoms with Crippen LogP contribution in [0.1, 0.15) is 18.5 Å². The third-order valence-electron chi connectivity index (χ3n) is 4.94. The largest absolute Gasteiger partial charge is 0.391 e. The number of imidazole rings is 1. The Morgan fingerprint density at radius 1 is 1.16 bits per heavy atom. The first-order valence-electron chi connectivity index (χ1n) is 8.76. The van der Waals surface area contributed by atoms with Crippen molar-refractivity contribution < 1.29 is 5.11 Å². The van der Waals surface area contributed by atoms with Crippen molar-refractivity contribution in [1.29, 1.82) is 0 Å². The Hall–Kier alpha value is -2.44. The van der Waals surface area contributed by atoms with Crippen molar-refractivity contribution >= 4 is 0 Å². The number of rotatable bonds is 6. The second-order valence-corrected chi connectivity index (χ2v) is 6.74. The lowest BCUT2D eigenvalue weighted by Gasteiger charge is -2.16. The van der Waals surface area contributed by atoms with Crippen molar-refractivity contribution in [3.8, 4) is 11.4 Å². The Morgan fingerprint density at radius 2 is 2.04 bits per heavy atom. The van der Waals surface area contributed by atoms with Crippen LogP contribution in [-0.2, 0) is 13.1 Å². The highest BCUT2D eigenvalue weighted by atomic mass is 16.3. The first-order valence-corrected chi connectivity index (χ1v) is 8.76. The molecule has 2 aromatic heterocycles. The van der Waals surface area contributed by atoms with Gasteiger partial charge in [-0.3, -0.25) is 5.10 Å². The molecule has 0 spiro atoms. The number of benzene rings is 1. The fourth-order valence-electron chi connectivity index (χ4n) is 3.69. The summed E-state index contributed by atoms with van der Waals surface area (Å²) in [7, 11) is 0. The van der Waals surface area contributed by atoms with Gasteiger partial charge in [-0.05, 0) is 24.8 Å². The second-order valence-electron chi connectivity index (χ2n) is 6.74. The van der Waals surface area contributed by atoms with E-state index in [1.54, 1.807) is 6.20 Å². The van der Waals surface area contributed by atoms with Crippen LogP contribution in [0.15, 0.2) is 55.0 Å². The summed E-state index contributed by atoms with van der Waals surface area (Å²) in [6, 6.07) is 12.3. The molecule has 1 aliphatic rings. The number of aliphatic hydroxyl groups is 1. The molecular formula is C19H23N5O. The number of H-pyrrole nitrogens is 1. The van der Waals surface area contributed by atoms with Crippen LogP contribution >= 0.6 is 0 Å². The molecule has 0 saturated heterocycles. The van der Waals surface area contributed by atoms with Crippen molar-refractivity contribution in [2.24, 2.45) is 5.92 Å². The summed E-state index contributed by atoms with van der Waals surface area (Å²) in [6.07, 6.45) is 7.09. The average Bonchev–Trinajstić information content (AvgIpc) is 3.36. The van der Waals surface area contributed by atoms with Gasteiger partial charge in [0, 0.05) is 49.0 Å². The molecule has 2 heterocycles. The van der Waals surface area contributed by atoms with E-state index in [2.05, 4.69) is 37.2 Å². The molecule has 0 aliphatic heterocycles. The van der Waals surface area contributed by atoms with E-state index in [1.807, 2.05) is 36.7 Å². The lowest BCUT2D eigenvalue weighted by molar-refractivity contribution is 0.145. The molecule has 0 bridgehead atoms. The van der Waals surface area contributed by atoms with Gasteiger partial charge in [0.15, 0.2) is 0 Å². The van der Waals surface area contributed by atoms with Crippen LogP contribution in [0.5, 0.6) is 0 Å². The van der Waals surface area contributed by atoms with E-state index in [0.717, 1.165) is 36.5 Å². The number of aromatic amines is 1. The normalized spacial score (nSPS) is 23.2. The number of hydrogen-bond acceptors (Lipinski definition) is 4. The summed E-state index contributed by atoms with van der Waals surface area (Å²) < 4.78 is 2.20. The summed E-state index contributed by atoms with van der Waals surface area (Å²) >= 11 is 0. The smallest absolute Gasteiger partial charge is 0.139 e. The molecule has 3 N–H and O–H groups in total. The van der Waals surface area contributed by atoms with Crippen molar-refractivity contribution in [2.75, 3.05) is 0 Å². The minimum Gasteiger partial charge on any atom is -0.391 e. The van der Waals surface area contributed by atoms with Crippen molar-refractivity contribution in [1.82, 2.24) is 25.1 Å². The molecule has 6 nitrogen and oxygen atoms in total. The highest BCUT2D eigenvalue weighted by Gasteiger charge is 2.33. The van der Waals surface area contributed by atoms with Crippen LogP contribution in [-0.4, -0.2) is 37.0 Å². The maximum Gasteiger partial charge on any atom is 0.139 e. The number of nitrogens with one attached hydrogen (secondary N) is 2. The molecule has 1 unspecified atom stereocenters. The first kappa shape index (κ1) is 16.1. The van der Waals surface area contributed by atoms with E-state index in [1.165, 1.54) is 0 Å². The Kier molecular flexibility index (Phi) is 4.63. The lowest BCUT2D eigenvalue weighted by Crippen LogP contribution is -2.35. The molecule has 1 fully saturated rings. The summed E-state index contributed by atoms with van der Waals surface area (Å²) in [5.41, 5.74) is 2.16. The number of hydrogen-bond donors (Lipinski definition) is 3. The van der Waals surface area contributed by atoms with Crippen LogP contribution in [0.4, 0.5) is 0 Å². The van der Waals surface area contributed by atoms with Gasteiger partial charge >= 0.3 is 0 Å². The maximum atomic E-state index is 10.4. The average molecular weight is 337 g/mol. The second kappa shape index (κ2) is 7.21. The van der Waals surface area contributed by atoms with Crippen molar-refractivity contribution in [3.05, 3.63) is 60.7 Å². The summed E-state index contributed by atoms with van der Waals surface area (Å²) in [5.74, 6) is 1.43. The molecule has 4 rings (SSSR count). The van der Waals surface area contributed by atoms with Gasteiger partial charge in [-0.1, -0.05) is 30.3 Å². The van der Waals surface area contributed by atoms with E-state index in [0.29, 0.717) is 12.5 Å². The highest BCUT2D eigenvalue weighted by molar-refractivity contribution is 5.55. The van der Waals surface area contributed by atoms with Gasteiger partial charge < -0.3 is 15.0 Å². The highest BCUT2D eigenvalue weighted by Crippen LogP contribution is 2.29. The summed E-state index contributed by atoms with van der Waals surface area (Å²) in [4.78, 5) is 4.51. The minimum atomic E-state index is -0.309. The van der Waals surface area contributed by atoms with Gasteiger partial charge in [0.25, 0.3) is 0 Å². The van der Waals surface area contributed by atoms with Crippen LogP contribution in [0, 0.1) is 5.92 Å². The molecule has 0 radical (unpaired) electrons. The molecule has 0 amide bonds. The van der Waals surface area contributed by atoms with E-state index in [9.17, 15) is 5.11 Å². The molecule has 1 saturated carbocycles. The quantitative estimate of drug-likeness (QED) is 0.644. The fourth-order valence-corrected chi connectivity index (χ4v) is 3.69. The van der Waals surface area contributed by atoms with Gasteiger partial charge in [-0.2, -0.15) is 5.10 Å². The Bertz CT molecular complexity index is 783. The lowest BCUT2D eigenvalue weighted by atomic mass is 10.1. The molecule has 25 heavy (non-hydrogen) atoms. The topological polar surface area (TPSA) is 78.8 Å². The SMILES string of the molecule is O[C@@H]1CC(Cn2ccnc2-c2ccccc2)C[C@H]1NCc1ccn[nH]1. The van der Waals surface area contributed by atoms with Gasteiger partial charge in [0.05, 0.1) is 6.10 Å². The zero-order valence-electron chi connectivity index (χ0n) is 14.0. The monoisotopic (exact) mass is 337 g/mol.